The summed E-state index contributed by atoms with van der Waals surface area (Å²) in [4.78, 5) is 68.9. The van der Waals surface area contributed by atoms with E-state index in [1.807, 2.05) is 48.8 Å². The molecule has 0 spiro atoms. The molecule has 5 aromatic rings. The average Bonchev–Trinajstić information content (AvgIpc) is 3.92. The molecular formula is C52H66N8O7S. The number of hydrogen-bond acceptors (Lipinski definition) is 12. The van der Waals surface area contributed by atoms with Crippen molar-refractivity contribution in [2.45, 2.75) is 124 Å². The molecule has 8 rings (SSSR count). The van der Waals surface area contributed by atoms with Gasteiger partial charge < -0.3 is 33.9 Å². The van der Waals surface area contributed by atoms with Gasteiger partial charge in [-0.1, -0.05) is 50.2 Å². The number of Topliss-reactive ketones (excluding diaryl/α,β-unsaturated/α-hetero) is 1. The van der Waals surface area contributed by atoms with E-state index in [4.69, 9.17) is 24.2 Å². The van der Waals surface area contributed by atoms with Gasteiger partial charge in [0, 0.05) is 86.6 Å². The number of amides is 3. The number of carbonyl (C=O) groups is 4. The molecule has 2 aromatic carbocycles. The van der Waals surface area contributed by atoms with E-state index in [0.717, 1.165) is 55.9 Å². The van der Waals surface area contributed by atoms with Crippen LogP contribution in [-0.2, 0) is 49.8 Å². The number of aryl methyl sites for hydroxylation is 1. The minimum absolute atomic E-state index is 0.0501. The van der Waals surface area contributed by atoms with Crippen LogP contribution in [0.5, 0.6) is 0 Å². The number of aromatic nitrogens is 3. The number of benzene rings is 2. The number of nitrogens with one attached hydrogen (secondary N) is 2. The van der Waals surface area contributed by atoms with E-state index >= 15 is 0 Å². The smallest absolute Gasteiger partial charge is 0.410 e. The highest BCUT2D eigenvalue weighted by Crippen LogP contribution is 2.44. The van der Waals surface area contributed by atoms with Gasteiger partial charge in [0.2, 0.25) is 0 Å². The molecule has 0 aliphatic carbocycles. The Bertz CT molecular complexity index is 2630. The summed E-state index contributed by atoms with van der Waals surface area (Å²) in [6.45, 7) is 17.5. The molecule has 15 nitrogen and oxygen atoms in total. The Hall–Kier alpha value is -5.84. The number of ether oxygens (including phenoxy) is 3. The molecule has 2 fully saturated rings. The Balaban J connectivity index is 1.18. The zero-order valence-electron chi connectivity index (χ0n) is 40.7. The molecule has 3 aromatic heterocycles. The summed E-state index contributed by atoms with van der Waals surface area (Å²) in [5, 5.41) is 8.09. The highest BCUT2D eigenvalue weighted by atomic mass is 32.1. The Labute approximate surface area is 403 Å². The van der Waals surface area contributed by atoms with Crippen LogP contribution >= 0.6 is 11.3 Å². The minimum atomic E-state index is -0.975. The third-order valence-corrected chi connectivity index (χ3v) is 14.1. The first-order valence-corrected chi connectivity index (χ1v) is 24.8. The molecule has 0 radical (unpaired) electrons. The summed E-state index contributed by atoms with van der Waals surface area (Å²) in [6, 6.07) is 16.9. The molecule has 3 amide bonds. The monoisotopic (exact) mass is 946 g/mol. The van der Waals surface area contributed by atoms with Gasteiger partial charge in [-0.05, 0) is 95.0 Å². The minimum Gasteiger partial charge on any atom is -0.445 e. The van der Waals surface area contributed by atoms with Crippen molar-refractivity contribution in [1.82, 2.24) is 35.2 Å². The van der Waals surface area contributed by atoms with Crippen LogP contribution in [0.4, 0.5) is 15.3 Å². The number of piperazine rings is 1. The van der Waals surface area contributed by atoms with Crippen LogP contribution in [0.25, 0.3) is 33.4 Å². The molecule has 2 saturated heterocycles. The van der Waals surface area contributed by atoms with Gasteiger partial charge in [0.05, 0.1) is 46.1 Å². The van der Waals surface area contributed by atoms with E-state index in [1.165, 1.54) is 16.3 Å². The lowest BCUT2D eigenvalue weighted by Crippen LogP contribution is -2.60. The summed E-state index contributed by atoms with van der Waals surface area (Å²) in [7, 11) is 1.70. The maximum Gasteiger partial charge on any atom is 0.410 e. The van der Waals surface area contributed by atoms with Crippen LogP contribution in [0, 0.1) is 5.41 Å². The zero-order valence-corrected chi connectivity index (χ0v) is 41.5. The molecule has 3 atom stereocenters. The fourth-order valence-electron chi connectivity index (χ4n) is 9.55. The van der Waals surface area contributed by atoms with Crippen molar-refractivity contribution in [3.8, 4) is 22.5 Å². The van der Waals surface area contributed by atoms with Crippen molar-refractivity contribution < 1.29 is 33.4 Å². The molecule has 0 unspecified atom stereocenters. The molecule has 68 heavy (non-hydrogen) atoms. The molecule has 362 valence electrons. The van der Waals surface area contributed by atoms with Gasteiger partial charge >= 0.3 is 12.2 Å². The van der Waals surface area contributed by atoms with E-state index in [1.54, 1.807) is 32.8 Å². The predicted molar refractivity (Wildman–Crippen MR) is 264 cm³/mol. The van der Waals surface area contributed by atoms with Crippen molar-refractivity contribution in [2.24, 2.45) is 5.41 Å². The number of methoxy groups -OCH3 is 1. The summed E-state index contributed by atoms with van der Waals surface area (Å²) in [5.41, 5.74) is 10.8. The largest absolute Gasteiger partial charge is 0.445 e. The fraction of sp³-hybridized carbons (Fsp3) is 0.500. The first-order chi connectivity index (χ1) is 32.5. The number of ketones is 1. The molecule has 3 aliphatic rings. The average molecular weight is 947 g/mol. The number of fused-ring (bicyclic) bond motifs is 6. The SMILES string of the molecule is CCn1c(-c2cc(N3CCN(C(=O)OCc4ccccc4)CC3)cnc2[C@H](C)OC)c2c3cc(ccc31)-c1csc(n1)C[C@H](NC(=O)OC(C)(C)C)C(=O)N1CCC[C@H](N1)C(=O)CCC(C)(C)C2. The highest BCUT2D eigenvalue weighted by molar-refractivity contribution is 7.10. The van der Waals surface area contributed by atoms with Crippen LogP contribution in [0.1, 0.15) is 102 Å². The van der Waals surface area contributed by atoms with Gasteiger partial charge in [-0.15, -0.1) is 11.3 Å². The second kappa shape index (κ2) is 20.4. The first kappa shape index (κ1) is 48.6. The topological polar surface area (TPSA) is 160 Å². The Morgan fingerprint density at radius 3 is 2.51 bits per heavy atom. The maximum atomic E-state index is 14.2. The Morgan fingerprint density at radius 1 is 1.03 bits per heavy atom. The highest BCUT2D eigenvalue weighted by Gasteiger charge is 2.36. The van der Waals surface area contributed by atoms with Crippen LogP contribution in [0.3, 0.4) is 0 Å². The summed E-state index contributed by atoms with van der Waals surface area (Å²) in [6.07, 6.45) is 3.60. The second-order valence-electron chi connectivity index (χ2n) is 20.0. The number of thiazole rings is 1. The first-order valence-electron chi connectivity index (χ1n) is 23.9. The summed E-state index contributed by atoms with van der Waals surface area (Å²) < 4.78 is 19.6. The van der Waals surface area contributed by atoms with Crippen LogP contribution in [0.15, 0.2) is 66.2 Å². The van der Waals surface area contributed by atoms with E-state index in [9.17, 15) is 19.2 Å². The number of nitrogens with zero attached hydrogens (tertiary/aromatic N) is 6. The molecular weight excluding hydrogens is 881 g/mol. The number of hydrazine groups is 1. The van der Waals surface area contributed by atoms with Crippen LogP contribution in [0.2, 0.25) is 0 Å². The van der Waals surface area contributed by atoms with Gasteiger partial charge in [0.15, 0.2) is 5.78 Å². The Kier molecular flexibility index (Phi) is 14.6. The number of pyridine rings is 1. The van der Waals surface area contributed by atoms with Gasteiger partial charge in [0.25, 0.3) is 5.91 Å². The maximum absolute atomic E-state index is 14.2. The van der Waals surface area contributed by atoms with E-state index in [-0.39, 0.29) is 42.3 Å². The van der Waals surface area contributed by atoms with Crippen molar-refractivity contribution in [1.29, 1.82) is 0 Å². The Morgan fingerprint density at radius 2 is 1.79 bits per heavy atom. The molecule has 16 heteroatoms. The van der Waals surface area contributed by atoms with E-state index < -0.39 is 23.8 Å². The second-order valence-corrected chi connectivity index (χ2v) is 20.9. The lowest BCUT2D eigenvalue weighted by molar-refractivity contribution is -0.141. The lowest BCUT2D eigenvalue weighted by Gasteiger charge is -2.36. The third kappa shape index (κ3) is 11.0. The van der Waals surface area contributed by atoms with Crippen LogP contribution < -0.4 is 15.6 Å². The molecule has 0 saturated carbocycles. The number of rotatable bonds is 8. The van der Waals surface area contributed by atoms with Crippen LogP contribution in [-0.4, -0.2) is 106 Å². The number of anilines is 1. The molecule has 3 aliphatic heterocycles. The van der Waals surface area contributed by atoms with Gasteiger partial charge in [-0.3, -0.25) is 19.6 Å². The summed E-state index contributed by atoms with van der Waals surface area (Å²) in [5.74, 6) is -0.290. The third-order valence-electron chi connectivity index (χ3n) is 13.3. The quantitative estimate of drug-likeness (QED) is 0.153. The zero-order chi connectivity index (χ0) is 48.3. The number of alkyl carbamates (subject to hydrolysis) is 1. The number of hydrogen-bond donors (Lipinski definition) is 2. The molecule has 6 heterocycles. The van der Waals surface area contributed by atoms with Crippen molar-refractivity contribution in [3.63, 3.8) is 0 Å². The number of carbonyl (C=O) groups excluding carboxylic acids is 4. The molecule has 6 bridgehead atoms. The van der Waals surface area contributed by atoms with Crippen molar-refractivity contribution in [2.75, 3.05) is 44.7 Å². The van der Waals surface area contributed by atoms with Gasteiger partial charge in [-0.25, -0.2) is 20.0 Å². The van der Waals surface area contributed by atoms with E-state index in [2.05, 4.69) is 65.2 Å². The predicted octanol–water partition coefficient (Wildman–Crippen LogP) is 8.88. The normalized spacial score (nSPS) is 19.7. The van der Waals surface area contributed by atoms with Crippen molar-refractivity contribution >= 4 is 51.8 Å². The molecule has 2 N–H and O–H groups in total. The standard InChI is InChI=1S/C52H66N8O7S/c1-9-59-43-18-17-35-26-37(43)39(47(59)38-27-36(30-53-46(38)33(2)65-8)57-22-24-58(25-23-57)50(64)66-31-34-14-11-10-12-15-34)29-52(6,7)20-19-44(61)40-16-13-21-60(56-40)48(62)41(28-45-54-42(35)32-68-45)55-49(63)67-51(3,4)5/h10-12,14-15,17-18,26-27,30,32-33,40-41,56H,9,13,16,19-25,28-29,31H2,1-8H3,(H,55,63)/t33-,40-,41-/m0/s1. The fourth-order valence-corrected chi connectivity index (χ4v) is 10.4. The van der Waals surface area contributed by atoms with E-state index in [0.29, 0.717) is 76.4 Å². The van der Waals surface area contributed by atoms with Crippen molar-refractivity contribution in [3.05, 3.63) is 88.0 Å². The summed E-state index contributed by atoms with van der Waals surface area (Å²) >= 11 is 1.44. The van der Waals surface area contributed by atoms with Gasteiger partial charge in [-0.2, -0.15) is 0 Å². The lowest BCUT2D eigenvalue weighted by atomic mass is 9.79. The van der Waals surface area contributed by atoms with Gasteiger partial charge in [0.1, 0.15) is 18.2 Å².